The van der Waals surface area contributed by atoms with Crippen molar-refractivity contribution in [3.05, 3.63) is 54.1 Å². The van der Waals surface area contributed by atoms with Crippen molar-refractivity contribution in [3.8, 4) is 22.6 Å². The molecule has 0 unspecified atom stereocenters. The number of esters is 1. The highest BCUT2D eigenvalue weighted by atomic mass is 16.5. The van der Waals surface area contributed by atoms with Crippen LogP contribution in [0.25, 0.3) is 17.2 Å². The van der Waals surface area contributed by atoms with Crippen LogP contribution in [-0.2, 0) is 9.53 Å². The van der Waals surface area contributed by atoms with Gasteiger partial charge in [0.15, 0.2) is 11.5 Å². The number of ether oxygens (including phenoxy) is 3. The molecule has 0 saturated carbocycles. The Hall–Kier alpha value is -2.75. The summed E-state index contributed by atoms with van der Waals surface area (Å²) >= 11 is 0. The number of hydrogen-bond donors (Lipinski definition) is 0. The van der Waals surface area contributed by atoms with Crippen molar-refractivity contribution in [2.45, 2.75) is 13.8 Å². The first-order valence-corrected chi connectivity index (χ1v) is 7.94. The molecule has 24 heavy (non-hydrogen) atoms. The zero-order valence-corrected chi connectivity index (χ0v) is 14.2. The van der Waals surface area contributed by atoms with Crippen molar-refractivity contribution in [1.82, 2.24) is 0 Å². The van der Waals surface area contributed by atoms with E-state index in [4.69, 9.17) is 14.2 Å². The molecule has 0 aliphatic heterocycles. The fourth-order valence-electron chi connectivity index (χ4n) is 2.30. The maximum atomic E-state index is 11.4. The molecule has 0 atom stereocenters. The first-order valence-electron chi connectivity index (χ1n) is 7.94. The minimum atomic E-state index is -0.342. The molecular formula is C20H22O4. The third-order valence-corrected chi connectivity index (χ3v) is 3.38. The zero-order chi connectivity index (χ0) is 17.4. The molecule has 0 amide bonds. The van der Waals surface area contributed by atoms with Crippen LogP contribution in [0.4, 0.5) is 0 Å². The van der Waals surface area contributed by atoms with Gasteiger partial charge in [-0.2, -0.15) is 0 Å². The molecule has 2 aromatic rings. The molecular weight excluding hydrogens is 304 g/mol. The number of carbonyl (C=O) groups excluding carboxylic acids is 1. The number of rotatable bonds is 7. The second kappa shape index (κ2) is 8.77. The molecule has 2 aromatic carbocycles. The zero-order valence-electron chi connectivity index (χ0n) is 14.2. The number of methoxy groups -OCH3 is 1. The standard InChI is InChI=1S/C20H22O4/c1-4-23-18-11-10-17(14-19(18)22-3)16-8-6-7-15(13-16)9-12-20(21)24-5-2/h6-14H,4-5H2,1-3H3/b12-9+. The molecule has 0 fully saturated rings. The molecule has 0 heterocycles. The SMILES string of the molecule is CCOC(=O)/C=C/c1cccc(-c2ccc(OCC)c(OC)c2)c1. The van der Waals surface area contributed by atoms with Crippen molar-refractivity contribution in [2.75, 3.05) is 20.3 Å². The Bertz CT molecular complexity index is 719. The van der Waals surface area contributed by atoms with Gasteiger partial charge in [0.2, 0.25) is 0 Å². The molecule has 0 aromatic heterocycles. The average Bonchev–Trinajstić information content (AvgIpc) is 2.61. The quantitative estimate of drug-likeness (QED) is 0.561. The van der Waals surface area contributed by atoms with Gasteiger partial charge in [0.05, 0.1) is 20.3 Å². The molecule has 0 N–H and O–H groups in total. The van der Waals surface area contributed by atoms with Crippen molar-refractivity contribution >= 4 is 12.0 Å². The molecule has 0 radical (unpaired) electrons. The van der Waals surface area contributed by atoms with Crippen molar-refractivity contribution in [2.24, 2.45) is 0 Å². The van der Waals surface area contributed by atoms with E-state index in [1.165, 1.54) is 6.08 Å². The van der Waals surface area contributed by atoms with Crippen molar-refractivity contribution in [3.63, 3.8) is 0 Å². The summed E-state index contributed by atoms with van der Waals surface area (Å²) in [4.78, 5) is 11.4. The Morgan fingerprint density at radius 1 is 1.00 bits per heavy atom. The first kappa shape index (κ1) is 17.6. The van der Waals surface area contributed by atoms with Crippen LogP contribution in [0.1, 0.15) is 19.4 Å². The van der Waals surface area contributed by atoms with Gasteiger partial charge in [-0.25, -0.2) is 4.79 Å². The Morgan fingerprint density at radius 2 is 1.79 bits per heavy atom. The highest BCUT2D eigenvalue weighted by Crippen LogP contribution is 2.32. The number of hydrogen-bond acceptors (Lipinski definition) is 4. The molecule has 4 nitrogen and oxygen atoms in total. The van der Waals surface area contributed by atoms with Gasteiger partial charge in [-0.3, -0.25) is 0 Å². The maximum absolute atomic E-state index is 11.4. The molecule has 0 spiro atoms. The third-order valence-electron chi connectivity index (χ3n) is 3.38. The van der Waals surface area contributed by atoms with E-state index in [1.54, 1.807) is 20.1 Å². The maximum Gasteiger partial charge on any atom is 0.330 e. The van der Waals surface area contributed by atoms with Gasteiger partial charge < -0.3 is 14.2 Å². The van der Waals surface area contributed by atoms with Crippen LogP contribution in [0.2, 0.25) is 0 Å². The van der Waals surface area contributed by atoms with Crippen LogP contribution in [-0.4, -0.2) is 26.3 Å². The van der Waals surface area contributed by atoms with Crippen LogP contribution < -0.4 is 9.47 Å². The summed E-state index contributed by atoms with van der Waals surface area (Å²) < 4.78 is 15.8. The van der Waals surface area contributed by atoms with E-state index in [9.17, 15) is 4.79 Å². The Morgan fingerprint density at radius 3 is 2.50 bits per heavy atom. The third kappa shape index (κ3) is 4.62. The van der Waals surface area contributed by atoms with Crippen LogP contribution in [0.5, 0.6) is 11.5 Å². The lowest BCUT2D eigenvalue weighted by Gasteiger charge is -2.11. The normalized spacial score (nSPS) is 10.6. The molecule has 2 rings (SSSR count). The smallest absolute Gasteiger partial charge is 0.330 e. The van der Waals surface area contributed by atoms with Crippen LogP contribution >= 0.6 is 0 Å². The van der Waals surface area contributed by atoms with E-state index in [0.717, 1.165) is 22.4 Å². The van der Waals surface area contributed by atoms with Gasteiger partial charge in [0.1, 0.15) is 0 Å². The Kier molecular flexibility index (Phi) is 6.43. The number of carbonyl (C=O) groups is 1. The molecule has 0 aliphatic carbocycles. The van der Waals surface area contributed by atoms with Crippen LogP contribution in [0.3, 0.4) is 0 Å². The summed E-state index contributed by atoms with van der Waals surface area (Å²) in [5, 5.41) is 0. The van der Waals surface area contributed by atoms with E-state index in [1.807, 2.05) is 49.4 Å². The fourth-order valence-corrected chi connectivity index (χ4v) is 2.30. The Labute approximate surface area is 142 Å². The average molecular weight is 326 g/mol. The summed E-state index contributed by atoms with van der Waals surface area (Å²) in [6.07, 6.45) is 3.18. The predicted octanol–water partition coefficient (Wildman–Crippen LogP) is 4.34. The second-order valence-corrected chi connectivity index (χ2v) is 5.01. The molecule has 0 saturated heterocycles. The van der Waals surface area contributed by atoms with Gasteiger partial charge in [0, 0.05) is 6.08 Å². The van der Waals surface area contributed by atoms with E-state index >= 15 is 0 Å². The lowest BCUT2D eigenvalue weighted by molar-refractivity contribution is -0.137. The van der Waals surface area contributed by atoms with Crippen LogP contribution in [0.15, 0.2) is 48.5 Å². The van der Waals surface area contributed by atoms with Gasteiger partial charge in [0.25, 0.3) is 0 Å². The lowest BCUT2D eigenvalue weighted by atomic mass is 10.0. The largest absolute Gasteiger partial charge is 0.493 e. The highest BCUT2D eigenvalue weighted by molar-refractivity contribution is 5.87. The highest BCUT2D eigenvalue weighted by Gasteiger charge is 2.07. The van der Waals surface area contributed by atoms with Gasteiger partial charge >= 0.3 is 5.97 Å². The minimum absolute atomic E-state index is 0.342. The van der Waals surface area contributed by atoms with E-state index < -0.39 is 0 Å². The molecule has 126 valence electrons. The lowest BCUT2D eigenvalue weighted by Crippen LogP contribution is -1.98. The van der Waals surface area contributed by atoms with Crippen molar-refractivity contribution in [1.29, 1.82) is 0 Å². The molecule has 0 bridgehead atoms. The van der Waals surface area contributed by atoms with E-state index in [0.29, 0.717) is 19.0 Å². The summed E-state index contributed by atoms with van der Waals surface area (Å²) in [6.45, 7) is 4.68. The summed E-state index contributed by atoms with van der Waals surface area (Å²) in [5.41, 5.74) is 2.97. The van der Waals surface area contributed by atoms with Crippen LogP contribution in [0, 0.1) is 0 Å². The van der Waals surface area contributed by atoms with Gasteiger partial charge in [-0.15, -0.1) is 0 Å². The van der Waals surface area contributed by atoms with E-state index in [-0.39, 0.29) is 5.97 Å². The predicted molar refractivity (Wildman–Crippen MR) is 95.3 cm³/mol. The summed E-state index contributed by atoms with van der Waals surface area (Å²) in [5.74, 6) is 1.08. The number of benzene rings is 2. The minimum Gasteiger partial charge on any atom is -0.493 e. The monoisotopic (exact) mass is 326 g/mol. The Balaban J connectivity index is 2.26. The summed E-state index contributed by atoms with van der Waals surface area (Å²) in [6, 6.07) is 13.7. The van der Waals surface area contributed by atoms with Crippen molar-refractivity contribution < 1.29 is 19.0 Å². The molecule has 4 heteroatoms. The first-order chi connectivity index (χ1) is 11.7. The fraction of sp³-hybridized carbons (Fsp3) is 0.250. The van der Waals surface area contributed by atoms with Gasteiger partial charge in [-0.05, 0) is 54.8 Å². The van der Waals surface area contributed by atoms with E-state index in [2.05, 4.69) is 0 Å². The second-order valence-electron chi connectivity index (χ2n) is 5.01. The molecule has 0 aliphatic rings. The topological polar surface area (TPSA) is 44.8 Å². The summed E-state index contributed by atoms with van der Waals surface area (Å²) in [7, 11) is 1.63. The van der Waals surface area contributed by atoms with Gasteiger partial charge in [-0.1, -0.05) is 24.3 Å².